The summed E-state index contributed by atoms with van der Waals surface area (Å²) < 4.78 is 0. The van der Waals surface area contributed by atoms with Crippen LogP contribution in [-0.2, 0) is 11.2 Å². The van der Waals surface area contributed by atoms with Gasteiger partial charge in [-0.1, -0.05) is 19.1 Å². The molecule has 1 unspecified atom stereocenters. The first-order valence-electron chi connectivity index (χ1n) is 5.61. The molecule has 1 rings (SSSR count). The lowest BCUT2D eigenvalue weighted by Gasteiger charge is -2.11. The third-order valence-corrected chi connectivity index (χ3v) is 3.17. The smallest absolute Gasteiger partial charge is 0.251 e. The van der Waals surface area contributed by atoms with Crippen LogP contribution in [0.25, 0.3) is 0 Å². The Morgan fingerprint density at radius 3 is 2.59 bits per heavy atom. The van der Waals surface area contributed by atoms with E-state index in [1.807, 2.05) is 12.1 Å². The molecule has 4 N–H and O–H groups in total. The number of nitrogens with one attached hydrogen (secondary N) is 2. The van der Waals surface area contributed by atoms with E-state index in [4.69, 9.17) is 5.73 Å². The molecule has 0 aliphatic carbocycles. The summed E-state index contributed by atoms with van der Waals surface area (Å²) in [7, 11) is 1.64. The minimum atomic E-state index is -0.521. The zero-order chi connectivity index (χ0) is 12.7. The van der Waals surface area contributed by atoms with Gasteiger partial charge in [-0.05, 0) is 29.9 Å². The van der Waals surface area contributed by atoms with Crippen LogP contribution in [0.4, 0.5) is 0 Å². The number of rotatable bonds is 6. The Labute approximate surface area is 106 Å². The number of hydrogen-bond donors (Lipinski definition) is 3. The lowest BCUT2D eigenvalue weighted by molar-refractivity contribution is -0.123. The van der Waals surface area contributed by atoms with Crippen molar-refractivity contribution in [2.45, 2.75) is 24.3 Å². The maximum absolute atomic E-state index is 11.4. The predicted octanol–water partition coefficient (Wildman–Crippen LogP) is 0.919. The Balaban J connectivity index is 2.53. The van der Waals surface area contributed by atoms with Gasteiger partial charge in [-0.15, -0.1) is 11.8 Å². The summed E-state index contributed by atoms with van der Waals surface area (Å²) in [6.07, 6.45) is 0.546. The average Bonchev–Trinajstić information content (AvgIpc) is 2.32. The topological polar surface area (TPSA) is 67.2 Å². The van der Waals surface area contributed by atoms with Gasteiger partial charge in [-0.2, -0.15) is 0 Å². The fourth-order valence-corrected chi connectivity index (χ4v) is 2.11. The van der Waals surface area contributed by atoms with E-state index < -0.39 is 6.04 Å². The maximum Gasteiger partial charge on any atom is 0.251 e. The number of hydrazine groups is 1. The van der Waals surface area contributed by atoms with Crippen molar-refractivity contribution < 1.29 is 4.79 Å². The van der Waals surface area contributed by atoms with Crippen molar-refractivity contribution in [2.24, 2.45) is 5.73 Å². The second kappa shape index (κ2) is 7.32. The summed E-state index contributed by atoms with van der Waals surface area (Å²) in [5, 5.41) is 0. The van der Waals surface area contributed by atoms with E-state index in [0.29, 0.717) is 6.42 Å². The Hall–Kier alpha value is -1.04. The predicted molar refractivity (Wildman–Crippen MR) is 71.7 cm³/mol. The molecular formula is C12H19N3OS. The van der Waals surface area contributed by atoms with Crippen LogP contribution >= 0.6 is 11.8 Å². The summed E-state index contributed by atoms with van der Waals surface area (Å²) in [6.45, 7) is 2.12. The number of nitrogens with two attached hydrogens (primary N) is 1. The first kappa shape index (κ1) is 14.0. The van der Waals surface area contributed by atoms with Gasteiger partial charge >= 0.3 is 0 Å². The van der Waals surface area contributed by atoms with Gasteiger partial charge in [0.2, 0.25) is 0 Å². The average molecular weight is 253 g/mol. The summed E-state index contributed by atoms with van der Waals surface area (Å²) in [5.74, 6) is 0.864. The van der Waals surface area contributed by atoms with Crippen molar-refractivity contribution in [1.29, 1.82) is 0 Å². The summed E-state index contributed by atoms with van der Waals surface area (Å²) >= 11 is 1.80. The molecule has 1 amide bonds. The molecule has 1 aromatic rings. The molecule has 0 saturated heterocycles. The van der Waals surface area contributed by atoms with Gasteiger partial charge in [0.1, 0.15) is 0 Å². The number of carbonyl (C=O) groups is 1. The summed E-state index contributed by atoms with van der Waals surface area (Å²) in [4.78, 5) is 12.7. The number of hydrogen-bond acceptors (Lipinski definition) is 4. The maximum atomic E-state index is 11.4. The molecule has 0 fully saturated rings. The molecule has 1 aromatic carbocycles. The molecule has 0 aromatic heterocycles. The van der Waals surface area contributed by atoms with Gasteiger partial charge in [-0.3, -0.25) is 10.2 Å². The SMILES string of the molecule is CCSc1ccc(CC(N)C(=O)NNC)cc1. The molecule has 17 heavy (non-hydrogen) atoms. The van der Waals surface area contributed by atoms with Crippen LogP contribution in [0.1, 0.15) is 12.5 Å². The van der Waals surface area contributed by atoms with Crippen LogP contribution in [0.2, 0.25) is 0 Å². The minimum Gasteiger partial charge on any atom is -0.320 e. The third kappa shape index (κ3) is 4.77. The quantitative estimate of drug-likeness (QED) is 0.521. The fourth-order valence-electron chi connectivity index (χ4n) is 1.45. The normalized spacial score (nSPS) is 12.2. The van der Waals surface area contributed by atoms with E-state index in [9.17, 15) is 4.79 Å². The standard InChI is InChI=1S/C12H19N3OS/c1-3-17-10-6-4-9(5-7-10)8-11(13)12(16)15-14-2/h4-7,11,14H,3,8,13H2,1-2H3,(H,15,16). The third-order valence-electron chi connectivity index (χ3n) is 2.27. The second-order valence-corrected chi connectivity index (χ2v) is 4.96. The van der Waals surface area contributed by atoms with Crippen molar-refractivity contribution in [2.75, 3.05) is 12.8 Å². The molecular weight excluding hydrogens is 234 g/mol. The molecule has 1 atom stereocenters. The summed E-state index contributed by atoms with van der Waals surface area (Å²) in [6, 6.07) is 7.64. The van der Waals surface area contributed by atoms with Gasteiger partial charge < -0.3 is 5.73 Å². The molecule has 0 bridgehead atoms. The van der Waals surface area contributed by atoms with Crippen LogP contribution in [0.5, 0.6) is 0 Å². The van der Waals surface area contributed by atoms with E-state index in [1.165, 1.54) is 4.90 Å². The van der Waals surface area contributed by atoms with Crippen LogP contribution < -0.4 is 16.6 Å². The molecule has 94 valence electrons. The van der Waals surface area contributed by atoms with E-state index in [-0.39, 0.29) is 5.91 Å². The Kier molecular flexibility index (Phi) is 6.04. The summed E-state index contributed by atoms with van der Waals surface area (Å²) in [5.41, 5.74) is 11.9. The first-order valence-corrected chi connectivity index (χ1v) is 6.59. The zero-order valence-corrected chi connectivity index (χ0v) is 11.0. The molecule has 0 radical (unpaired) electrons. The fraction of sp³-hybridized carbons (Fsp3) is 0.417. The molecule has 5 heteroatoms. The largest absolute Gasteiger partial charge is 0.320 e. The number of benzene rings is 1. The first-order chi connectivity index (χ1) is 8.17. The van der Waals surface area contributed by atoms with Crippen molar-refractivity contribution in [3.8, 4) is 0 Å². The second-order valence-electron chi connectivity index (χ2n) is 3.63. The lowest BCUT2D eigenvalue weighted by atomic mass is 10.1. The van der Waals surface area contributed by atoms with E-state index in [0.717, 1.165) is 11.3 Å². The Morgan fingerprint density at radius 1 is 1.41 bits per heavy atom. The number of amides is 1. The molecule has 0 heterocycles. The van der Waals surface area contributed by atoms with Crippen molar-refractivity contribution >= 4 is 17.7 Å². The Bertz CT molecular complexity index is 353. The lowest BCUT2D eigenvalue weighted by Crippen LogP contribution is -2.46. The van der Waals surface area contributed by atoms with Gasteiger partial charge in [0.25, 0.3) is 5.91 Å². The molecule has 4 nitrogen and oxygen atoms in total. The van der Waals surface area contributed by atoms with Crippen LogP contribution in [0, 0.1) is 0 Å². The van der Waals surface area contributed by atoms with Gasteiger partial charge in [0, 0.05) is 11.9 Å². The van der Waals surface area contributed by atoms with E-state index in [2.05, 4.69) is 29.9 Å². The highest BCUT2D eigenvalue weighted by atomic mass is 32.2. The van der Waals surface area contributed by atoms with Crippen LogP contribution in [-0.4, -0.2) is 24.7 Å². The molecule has 0 spiro atoms. The number of thioether (sulfide) groups is 1. The molecule has 0 aliphatic rings. The van der Waals surface area contributed by atoms with Crippen molar-refractivity contribution in [3.63, 3.8) is 0 Å². The molecule has 0 aliphatic heterocycles. The molecule has 0 saturated carbocycles. The van der Waals surface area contributed by atoms with Crippen molar-refractivity contribution in [1.82, 2.24) is 10.9 Å². The Morgan fingerprint density at radius 2 is 2.06 bits per heavy atom. The van der Waals surface area contributed by atoms with Crippen LogP contribution in [0.3, 0.4) is 0 Å². The number of carbonyl (C=O) groups excluding carboxylic acids is 1. The van der Waals surface area contributed by atoms with Gasteiger partial charge in [0.15, 0.2) is 0 Å². The van der Waals surface area contributed by atoms with Gasteiger partial charge in [0.05, 0.1) is 6.04 Å². The van der Waals surface area contributed by atoms with Crippen LogP contribution in [0.15, 0.2) is 29.2 Å². The highest BCUT2D eigenvalue weighted by molar-refractivity contribution is 7.99. The van der Waals surface area contributed by atoms with Gasteiger partial charge in [-0.25, -0.2) is 5.43 Å². The highest BCUT2D eigenvalue weighted by Gasteiger charge is 2.12. The highest BCUT2D eigenvalue weighted by Crippen LogP contribution is 2.18. The zero-order valence-electron chi connectivity index (χ0n) is 10.2. The van der Waals surface area contributed by atoms with E-state index in [1.54, 1.807) is 18.8 Å². The van der Waals surface area contributed by atoms with Crippen molar-refractivity contribution in [3.05, 3.63) is 29.8 Å². The monoisotopic (exact) mass is 253 g/mol. The van der Waals surface area contributed by atoms with E-state index >= 15 is 0 Å². The minimum absolute atomic E-state index is 0.195.